The molecule has 90 valence electrons. The molecule has 0 fully saturated rings. The number of ether oxygens (including phenoxy) is 1. The predicted molar refractivity (Wildman–Crippen MR) is 64.6 cm³/mol. The van der Waals surface area contributed by atoms with Crippen molar-refractivity contribution in [3.8, 4) is 5.75 Å². The van der Waals surface area contributed by atoms with Crippen molar-refractivity contribution >= 4 is 0 Å². The van der Waals surface area contributed by atoms with E-state index >= 15 is 0 Å². The highest BCUT2D eigenvalue weighted by molar-refractivity contribution is 5.27. The average Bonchev–Trinajstić information content (AvgIpc) is 2.84. The summed E-state index contributed by atoms with van der Waals surface area (Å²) in [7, 11) is 1.66. The number of nitrogens with zero attached hydrogens (tertiary/aromatic N) is 3. The first-order valence-corrected chi connectivity index (χ1v) is 5.53. The zero-order chi connectivity index (χ0) is 12.1. The van der Waals surface area contributed by atoms with Crippen LogP contribution in [-0.4, -0.2) is 21.9 Å². The first-order valence-electron chi connectivity index (χ1n) is 5.53. The summed E-state index contributed by atoms with van der Waals surface area (Å²) in [6, 6.07) is 8.02. The maximum atomic E-state index is 5.56. The van der Waals surface area contributed by atoms with Gasteiger partial charge in [0.15, 0.2) is 0 Å². The summed E-state index contributed by atoms with van der Waals surface area (Å²) in [5.74, 6) is 1.69. The van der Waals surface area contributed by atoms with E-state index in [1.807, 2.05) is 16.8 Å². The molecule has 0 aliphatic carbocycles. The standard InChI is InChI=1S/C12H16N4O/c1-17-11-4-2-10(3-5-11)6-7-16-12(8-13)14-9-15-16/h2-5,9H,6-8,13H2,1H3. The predicted octanol–water partition coefficient (Wildman–Crippen LogP) is 0.988. The maximum Gasteiger partial charge on any atom is 0.140 e. The molecule has 2 aromatic rings. The summed E-state index contributed by atoms with van der Waals surface area (Å²) in [4.78, 5) is 4.08. The Labute approximate surface area is 100 Å². The van der Waals surface area contributed by atoms with Crippen molar-refractivity contribution in [2.24, 2.45) is 5.73 Å². The first-order chi connectivity index (χ1) is 8.33. The van der Waals surface area contributed by atoms with E-state index in [0.29, 0.717) is 6.54 Å². The second-order valence-corrected chi connectivity index (χ2v) is 3.70. The molecule has 0 spiro atoms. The molecule has 5 nitrogen and oxygen atoms in total. The van der Waals surface area contributed by atoms with E-state index < -0.39 is 0 Å². The van der Waals surface area contributed by atoms with Crippen LogP contribution in [0.1, 0.15) is 11.4 Å². The second-order valence-electron chi connectivity index (χ2n) is 3.70. The minimum absolute atomic E-state index is 0.419. The summed E-state index contributed by atoms with van der Waals surface area (Å²) in [5.41, 5.74) is 6.80. The van der Waals surface area contributed by atoms with Crippen LogP contribution in [0.5, 0.6) is 5.75 Å². The quantitative estimate of drug-likeness (QED) is 0.834. The van der Waals surface area contributed by atoms with E-state index in [1.165, 1.54) is 11.9 Å². The van der Waals surface area contributed by atoms with Crippen molar-refractivity contribution in [3.63, 3.8) is 0 Å². The number of methoxy groups -OCH3 is 1. The molecular formula is C12H16N4O. The summed E-state index contributed by atoms with van der Waals surface area (Å²) >= 11 is 0. The van der Waals surface area contributed by atoms with E-state index in [2.05, 4.69) is 22.2 Å². The summed E-state index contributed by atoms with van der Waals surface area (Å²) < 4.78 is 6.95. The average molecular weight is 232 g/mol. The lowest BCUT2D eigenvalue weighted by molar-refractivity contribution is 0.414. The number of aryl methyl sites for hydroxylation is 2. The molecular weight excluding hydrogens is 216 g/mol. The molecule has 0 saturated heterocycles. The van der Waals surface area contributed by atoms with Crippen LogP contribution in [0.25, 0.3) is 0 Å². The van der Waals surface area contributed by atoms with Gasteiger partial charge in [-0.2, -0.15) is 5.10 Å². The molecule has 0 aliphatic heterocycles. The van der Waals surface area contributed by atoms with Gasteiger partial charge in [-0.05, 0) is 24.1 Å². The van der Waals surface area contributed by atoms with Crippen LogP contribution in [0, 0.1) is 0 Å². The van der Waals surface area contributed by atoms with E-state index in [4.69, 9.17) is 10.5 Å². The highest BCUT2D eigenvalue weighted by Gasteiger charge is 2.02. The summed E-state index contributed by atoms with van der Waals surface area (Å²) in [5, 5.41) is 4.14. The lowest BCUT2D eigenvalue weighted by Crippen LogP contribution is -2.11. The molecule has 5 heteroatoms. The fourth-order valence-corrected chi connectivity index (χ4v) is 1.66. The van der Waals surface area contributed by atoms with Gasteiger partial charge in [-0.1, -0.05) is 12.1 Å². The van der Waals surface area contributed by atoms with Crippen molar-refractivity contribution in [1.29, 1.82) is 0 Å². The monoisotopic (exact) mass is 232 g/mol. The minimum atomic E-state index is 0.419. The highest BCUT2D eigenvalue weighted by atomic mass is 16.5. The van der Waals surface area contributed by atoms with Crippen molar-refractivity contribution in [3.05, 3.63) is 42.0 Å². The van der Waals surface area contributed by atoms with E-state index in [1.54, 1.807) is 7.11 Å². The second kappa shape index (κ2) is 5.45. The van der Waals surface area contributed by atoms with Gasteiger partial charge in [0.2, 0.25) is 0 Å². The molecule has 0 aliphatic rings. The molecule has 0 radical (unpaired) electrons. The van der Waals surface area contributed by atoms with Crippen molar-refractivity contribution in [2.45, 2.75) is 19.5 Å². The van der Waals surface area contributed by atoms with Crippen molar-refractivity contribution in [1.82, 2.24) is 14.8 Å². The maximum absolute atomic E-state index is 5.56. The number of hydrogen-bond acceptors (Lipinski definition) is 4. The molecule has 17 heavy (non-hydrogen) atoms. The molecule has 1 aromatic heterocycles. The Hall–Kier alpha value is -1.88. The Bertz CT molecular complexity index is 464. The Morgan fingerprint density at radius 3 is 2.71 bits per heavy atom. The van der Waals surface area contributed by atoms with Gasteiger partial charge < -0.3 is 10.5 Å². The van der Waals surface area contributed by atoms with Gasteiger partial charge in [-0.3, -0.25) is 0 Å². The molecule has 0 unspecified atom stereocenters. The van der Waals surface area contributed by atoms with Crippen LogP contribution in [0.4, 0.5) is 0 Å². The number of aromatic nitrogens is 3. The van der Waals surface area contributed by atoms with E-state index in [0.717, 1.165) is 24.5 Å². The van der Waals surface area contributed by atoms with Gasteiger partial charge >= 0.3 is 0 Å². The van der Waals surface area contributed by atoms with Gasteiger partial charge in [-0.15, -0.1) is 0 Å². The Kier molecular flexibility index (Phi) is 3.72. The Balaban J connectivity index is 1.97. The normalized spacial score (nSPS) is 10.5. The van der Waals surface area contributed by atoms with Crippen molar-refractivity contribution in [2.75, 3.05) is 7.11 Å². The fourth-order valence-electron chi connectivity index (χ4n) is 1.66. The molecule has 1 aromatic carbocycles. The first kappa shape index (κ1) is 11.6. The topological polar surface area (TPSA) is 66.0 Å². The molecule has 2 N–H and O–H groups in total. The SMILES string of the molecule is COc1ccc(CCn2ncnc2CN)cc1. The van der Waals surface area contributed by atoms with Gasteiger partial charge in [0, 0.05) is 6.54 Å². The summed E-state index contributed by atoms with van der Waals surface area (Å²) in [6.07, 6.45) is 2.44. The lowest BCUT2D eigenvalue weighted by Gasteiger charge is -2.05. The third-order valence-electron chi connectivity index (χ3n) is 2.65. The molecule has 0 saturated carbocycles. The van der Waals surface area contributed by atoms with Crippen LogP contribution in [0.3, 0.4) is 0 Å². The van der Waals surface area contributed by atoms with Crippen LogP contribution >= 0.6 is 0 Å². The van der Waals surface area contributed by atoms with E-state index in [9.17, 15) is 0 Å². The number of rotatable bonds is 5. The third kappa shape index (κ3) is 2.82. The van der Waals surface area contributed by atoms with Gasteiger partial charge in [0.05, 0.1) is 13.7 Å². The number of hydrogen-bond donors (Lipinski definition) is 1. The van der Waals surface area contributed by atoms with Crippen LogP contribution in [-0.2, 0) is 19.5 Å². The Morgan fingerprint density at radius 2 is 2.06 bits per heavy atom. The fraction of sp³-hybridized carbons (Fsp3) is 0.333. The summed E-state index contributed by atoms with van der Waals surface area (Å²) in [6.45, 7) is 1.21. The largest absolute Gasteiger partial charge is 0.497 e. The number of nitrogens with two attached hydrogens (primary N) is 1. The van der Waals surface area contributed by atoms with Gasteiger partial charge in [-0.25, -0.2) is 9.67 Å². The molecule has 0 bridgehead atoms. The Morgan fingerprint density at radius 1 is 1.29 bits per heavy atom. The smallest absolute Gasteiger partial charge is 0.140 e. The lowest BCUT2D eigenvalue weighted by atomic mass is 10.1. The van der Waals surface area contributed by atoms with Gasteiger partial charge in [0.25, 0.3) is 0 Å². The van der Waals surface area contributed by atoms with Crippen LogP contribution in [0.2, 0.25) is 0 Å². The van der Waals surface area contributed by atoms with Crippen molar-refractivity contribution < 1.29 is 4.74 Å². The number of benzene rings is 1. The molecule has 0 amide bonds. The van der Waals surface area contributed by atoms with Crippen LogP contribution in [0.15, 0.2) is 30.6 Å². The minimum Gasteiger partial charge on any atom is -0.497 e. The van der Waals surface area contributed by atoms with Crippen LogP contribution < -0.4 is 10.5 Å². The zero-order valence-electron chi connectivity index (χ0n) is 9.84. The molecule has 0 atom stereocenters. The highest BCUT2D eigenvalue weighted by Crippen LogP contribution is 2.12. The van der Waals surface area contributed by atoms with E-state index in [-0.39, 0.29) is 0 Å². The molecule has 1 heterocycles. The van der Waals surface area contributed by atoms with Gasteiger partial charge in [0.1, 0.15) is 17.9 Å². The molecule has 2 rings (SSSR count). The zero-order valence-corrected chi connectivity index (χ0v) is 9.84. The third-order valence-corrected chi connectivity index (χ3v) is 2.65.